The van der Waals surface area contributed by atoms with Crippen LogP contribution < -0.4 is 5.73 Å². The van der Waals surface area contributed by atoms with Crippen LogP contribution in [0.15, 0.2) is 0 Å². The minimum Gasteiger partial charge on any atom is -0.377 e. The van der Waals surface area contributed by atoms with Gasteiger partial charge in [0.1, 0.15) is 0 Å². The second-order valence-corrected chi connectivity index (χ2v) is 9.17. The Morgan fingerprint density at radius 1 is 0.545 bits per heavy atom. The monoisotopic (exact) mass is 333 g/mol. The third-order valence-corrected chi connectivity index (χ3v) is 7.20. The number of rotatable bonds is 17. The molecule has 4 nitrogen and oxygen atoms in total. The van der Waals surface area contributed by atoms with Gasteiger partial charge < -0.3 is 19.0 Å². The molecule has 0 aromatic carbocycles. The molecular weight excluding hydrogens is 294 g/mol. The molecule has 0 rings (SSSR count). The van der Waals surface area contributed by atoms with Crippen molar-refractivity contribution in [2.45, 2.75) is 83.1 Å². The van der Waals surface area contributed by atoms with E-state index in [1.807, 2.05) is 0 Å². The maximum atomic E-state index is 5.49. The third kappa shape index (κ3) is 11.6. The number of unbranched alkanes of at least 4 members (excludes halogenated alkanes) is 11. The van der Waals surface area contributed by atoms with Crippen molar-refractivity contribution in [3.8, 4) is 0 Å². The lowest BCUT2D eigenvalue weighted by Crippen LogP contribution is -2.42. The summed E-state index contributed by atoms with van der Waals surface area (Å²) in [5.41, 5.74) is 5.49. The Bertz CT molecular complexity index is 218. The third-order valence-electron chi connectivity index (χ3n) is 4.37. The SMILES string of the molecule is CO[Si](CCCCCCCCCCCCCCN)(OC)OC. The lowest BCUT2D eigenvalue weighted by atomic mass is 10.1. The smallest absolute Gasteiger partial charge is 0.377 e. The largest absolute Gasteiger partial charge is 0.500 e. The van der Waals surface area contributed by atoms with Crippen LogP contribution >= 0.6 is 0 Å². The van der Waals surface area contributed by atoms with Crippen LogP contribution in [0.4, 0.5) is 0 Å². The van der Waals surface area contributed by atoms with Crippen molar-refractivity contribution in [2.75, 3.05) is 27.9 Å². The highest BCUT2D eigenvalue weighted by molar-refractivity contribution is 6.60. The molecule has 0 atom stereocenters. The number of hydrogen-bond donors (Lipinski definition) is 1. The van der Waals surface area contributed by atoms with Crippen LogP contribution in [0.25, 0.3) is 0 Å². The quantitative estimate of drug-likeness (QED) is 0.314. The molecule has 5 heteroatoms. The summed E-state index contributed by atoms with van der Waals surface area (Å²) in [5.74, 6) is 0. The fourth-order valence-electron chi connectivity index (χ4n) is 2.81. The Balaban J connectivity index is 3.27. The van der Waals surface area contributed by atoms with Crippen molar-refractivity contribution in [2.24, 2.45) is 5.73 Å². The summed E-state index contributed by atoms with van der Waals surface area (Å²) in [7, 11) is 2.74. The van der Waals surface area contributed by atoms with Gasteiger partial charge in [-0.15, -0.1) is 0 Å². The van der Waals surface area contributed by atoms with Gasteiger partial charge >= 0.3 is 8.80 Å². The van der Waals surface area contributed by atoms with Crippen molar-refractivity contribution >= 4 is 8.80 Å². The molecule has 0 aliphatic rings. The highest BCUT2D eigenvalue weighted by atomic mass is 28.4. The predicted octanol–water partition coefficient (Wildman–Crippen LogP) is 4.50. The molecule has 0 heterocycles. The van der Waals surface area contributed by atoms with Gasteiger partial charge in [-0.05, 0) is 19.4 Å². The molecule has 0 saturated heterocycles. The van der Waals surface area contributed by atoms with Crippen molar-refractivity contribution in [1.29, 1.82) is 0 Å². The normalized spacial score (nSPS) is 12.0. The maximum Gasteiger partial charge on any atom is 0.500 e. The van der Waals surface area contributed by atoms with E-state index in [1.54, 1.807) is 21.3 Å². The summed E-state index contributed by atoms with van der Waals surface area (Å²) in [4.78, 5) is 0. The number of hydrogen-bond acceptors (Lipinski definition) is 4. The summed E-state index contributed by atoms with van der Waals surface area (Å²) in [6.45, 7) is 0.850. The van der Waals surface area contributed by atoms with Gasteiger partial charge in [0.15, 0.2) is 0 Å². The first-order valence-corrected chi connectivity index (χ1v) is 11.0. The molecule has 0 unspecified atom stereocenters. The van der Waals surface area contributed by atoms with Crippen molar-refractivity contribution < 1.29 is 13.3 Å². The summed E-state index contributed by atoms with van der Waals surface area (Å²) in [5, 5.41) is 0. The molecular formula is C17H39NO3Si. The molecule has 0 aromatic heterocycles. The van der Waals surface area contributed by atoms with Crippen molar-refractivity contribution in [3.63, 3.8) is 0 Å². The lowest BCUT2D eigenvalue weighted by molar-refractivity contribution is 0.122. The van der Waals surface area contributed by atoms with E-state index < -0.39 is 8.80 Å². The van der Waals surface area contributed by atoms with E-state index in [0.29, 0.717) is 0 Å². The highest BCUT2D eigenvalue weighted by Crippen LogP contribution is 2.18. The zero-order valence-corrected chi connectivity index (χ0v) is 16.2. The number of nitrogens with two attached hydrogens (primary N) is 1. The van der Waals surface area contributed by atoms with Crippen LogP contribution in [-0.4, -0.2) is 36.7 Å². The van der Waals surface area contributed by atoms with Crippen LogP contribution in [-0.2, 0) is 13.3 Å². The zero-order valence-electron chi connectivity index (χ0n) is 15.2. The lowest BCUT2D eigenvalue weighted by Gasteiger charge is -2.24. The van der Waals surface area contributed by atoms with Crippen LogP contribution in [0, 0.1) is 0 Å². The van der Waals surface area contributed by atoms with Gasteiger partial charge in [0.2, 0.25) is 0 Å². The molecule has 0 saturated carbocycles. The molecule has 134 valence electrons. The molecule has 0 radical (unpaired) electrons. The summed E-state index contributed by atoms with van der Waals surface area (Å²) >= 11 is 0. The van der Waals surface area contributed by atoms with E-state index in [0.717, 1.165) is 19.0 Å². The molecule has 0 aliphatic carbocycles. The Labute approximate surface area is 139 Å². The maximum absolute atomic E-state index is 5.49. The molecule has 0 bridgehead atoms. The second kappa shape index (κ2) is 15.9. The van der Waals surface area contributed by atoms with Gasteiger partial charge in [0, 0.05) is 27.4 Å². The molecule has 0 aliphatic heterocycles. The minimum atomic E-state index is -2.33. The van der Waals surface area contributed by atoms with Gasteiger partial charge in [0.05, 0.1) is 0 Å². The van der Waals surface area contributed by atoms with E-state index in [-0.39, 0.29) is 0 Å². The predicted molar refractivity (Wildman–Crippen MR) is 96.0 cm³/mol. The summed E-state index contributed by atoms with van der Waals surface area (Å²) < 4.78 is 16.3. The highest BCUT2D eigenvalue weighted by Gasteiger charge is 2.36. The van der Waals surface area contributed by atoms with E-state index in [1.165, 1.54) is 70.6 Å². The zero-order chi connectivity index (χ0) is 16.5. The topological polar surface area (TPSA) is 53.7 Å². The van der Waals surface area contributed by atoms with Gasteiger partial charge in [-0.3, -0.25) is 0 Å². The molecule has 0 amide bonds. The summed E-state index contributed by atoms with van der Waals surface area (Å²) in [6.07, 6.45) is 15.9. The van der Waals surface area contributed by atoms with Gasteiger partial charge in [0.25, 0.3) is 0 Å². The average molecular weight is 334 g/mol. The molecule has 0 aromatic rings. The molecule has 0 fully saturated rings. The van der Waals surface area contributed by atoms with E-state index in [4.69, 9.17) is 19.0 Å². The van der Waals surface area contributed by atoms with Crippen molar-refractivity contribution in [1.82, 2.24) is 0 Å². The second-order valence-electron chi connectivity index (χ2n) is 6.08. The first kappa shape index (κ1) is 22.1. The van der Waals surface area contributed by atoms with Crippen LogP contribution in [0.3, 0.4) is 0 Å². The van der Waals surface area contributed by atoms with Gasteiger partial charge in [-0.25, -0.2) is 0 Å². The van der Waals surface area contributed by atoms with Crippen LogP contribution in [0.1, 0.15) is 77.0 Å². The Morgan fingerprint density at radius 2 is 0.864 bits per heavy atom. The van der Waals surface area contributed by atoms with Gasteiger partial charge in [-0.2, -0.15) is 0 Å². The molecule has 22 heavy (non-hydrogen) atoms. The first-order valence-electron chi connectivity index (χ1n) is 9.10. The minimum absolute atomic E-state index is 0.850. The van der Waals surface area contributed by atoms with Crippen LogP contribution in [0.2, 0.25) is 6.04 Å². The standard InChI is InChI=1S/C17H39NO3Si/c1-19-22(20-2,21-3)17-15-13-11-9-7-5-4-6-8-10-12-14-16-18/h4-18H2,1-3H3. The van der Waals surface area contributed by atoms with E-state index in [2.05, 4.69) is 0 Å². The van der Waals surface area contributed by atoms with E-state index >= 15 is 0 Å². The Kier molecular flexibility index (Phi) is 16.0. The van der Waals surface area contributed by atoms with Crippen LogP contribution in [0.5, 0.6) is 0 Å². The Hall–Kier alpha value is 0.0569. The van der Waals surface area contributed by atoms with Gasteiger partial charge in [-0.1, -0.05) is 64.2 Å². The fourth-order valence-corrected chi connectivity index (χ4v) is 4.61. The average Bonchev–Trinajstić information content (AvgIpc) is 2.56. The molecule has 2 N–H and O–H groups in total. The first-order chi connectivity index (χ1) is 10.7. The molecule has 0 spiro atoms. The summed E-state index contributed by atoms with van der Waals surface area (Å²) in [6, 6.07) is 0.930. The fraction of sp³-hybridized carbons (Fsp3) is 1.00. The Morgan fingerprint density at radius 3 is 1.18 bits per heavy atom. The van der Waals surface area contributed by atoms with E-state index in [9.17, 15) is 0 Å². The van der Waals surface area contributed by atoms with Crippen molar-refractivity contribution in [3.05, 3.63) is 0 Å².